The fourth-order valence-corrected chi connectivity index (χ4v) is 3.16. The molecule has 6 heteroatoms. The number of aryl methyl sites for hydroxylation is 1. The van der Waals surface area contributed by atoms with Gasteiger partial charge in [0.1, 0.15) is 5.82 Å². The van der Waals surface area contributed by atoms with Gasteiger partial charge in [0.2, 0.25) is 11.8 Å². The topological polar surface area (TPSA) is 59.2 Å². The summed E-state index contributed by atoms with van der Waals surface area (Å²) in [5.74, 6) is 0.299. The van der Waals surface area contributed by atoms with Gasteiger partial charge in [0.15, 0.2) is 0 Å². The first kappa shape index (κ1) is 19.5. The molecule has 0 aliphatic carbocycles. The van der Waals surface area contributed by atoms with E-state index in [1.54, 1.807) is 49.5 Å². The maximum atomic E-state index is 13.8. The van der Waals surface area contributed by atoms with E-state index in [-0.39, 0.29) is 18.3 Å². The van der Waals surface area contributed by atoms with Gasteiger partial charge < -0.3 is 9.32 Å². The molecule has 0 unspecified atom stereocenters. The van der Waals surface area contributed by atoms with Crippen LogP contribution >= 0.6 is 0 Å². The predicted octanol–water partition coefficient (Wildman–Crippen LogP) is 5.12. The summed E-state index contributed by atoms with van der Waals surface area (Å²) < 4.78 is 19.6. The molecule has 0 aliphatic rings. The lowest BCUT2D eigenvalue weighted by Gasteiger charge is -2.17. The third kappa shape index (κ3) is 4.12. The Morgan fingerprint density at radius 3 is 2.33 bits per heavy atom. The molecule has 0 saturated heterocycles. The predicted molar refractivity (Wildman–Crippen MR) is 112 cm³/mol. The van der Waals surface area contributed by atoms with Crippen LogP contribution in [0.15, 0.2) is 77.2 Å². The van der Waals surface area contributed by atoms with E-state index >= 15 is 0 Å². The SMILES string of the molecule is Cc1cccc(-c2nnc(-c3ccc(C(=O)N(C)Cc4ccccc4F)cc3)o2)c1. The molecule has 150 valence electrons. The van der Waals surface area contributed by atoms with Crippen molar-refractivity contribution >= 4 is 5.91 Å². The Morgan fingerprint density at radius 2 is 1.63 bits per heavy atom. The molecule has 0 N–H and O–H groups in total. The molecule has 1 heterocycles. The molecule has 0 bridgehead atoms. The molecular weight excluding hydrogens is 381 g/mol. The maximum Gasteiger partial charge on any atom is 0.253 e. The van der Waals surface area contributed by atoms with Gasteiger partial charge in [-0.15, -0.1) is 10.2 Å². The Morgan fingerprint density at radius 1 is 0.933 bits per heavy atom. The van der Waals surface area contributed by atoms with Crippen LogP contribution < -0.4 is 0 Å². The lowest BCUT2D eigenvalue weighted by Crippen LogP contribution is -2.26. The number of aromatic nitrogens is 2. The summed E-state index contributed by atoms with van der Waals surface area (Å²) in [5, 5.41) is 8.23. The van der Waals surface area contributed by atoms with E-state index in [0.29, 0.717) is 22.9 Å². The number of hydrogen-bond donors (Lipinski definition) is 0. The molecule has 4 aromatic rings. The number of carbonyl (C=O) groups excluding carboxylic acids is 1. The molecule has 4 rings (SSSR count). The van der Waals surface area contributed by atoms with E-state index in [4.69, 9.17) is 4.42 Å². The highest BCUT2D eigenvalue weighted by molar-refractivity contribution is 5.94. The Kier molecular flexibility index (Phi) is 5.39. The van der Waals surface area contributed by atoms with Gasteiger partial charge in [-0.05, 0) is 49.4 Å². The van der Waals surface area contributed by atoms with Crippen LogP contribution in [0, 0.1) is 12.7 Å². The van der Waals surface area contributed by atoms with E-state index in [1.165, 1.54) is 11.0 Å². The van der Waals surface area contributed by atoms with Gasteiger partial charge >= 0.3 is 0 Å². The van der Waals surface area contributed by atoms with Crippen LogP contribution in [-0.2, 0) is 6.54 Å². The third-order valence-corrected chi connectivity index (χ3v) is 4.78. The molecule has 0 atom stereocenters. The Balaban J connectivity index is 1.49. The van der Waals surface area contributed by atoms with Crippen LogP contribution in [0.2, 0.25) is 0 Å². The second-order valence-electron chi connectivity index (χ2n) is 7.11. The number of carbonyl (C=O) groups is 1. The lowest BCUT2D eigenvalue weighted by molar-refractivity contribution is 0.0784. The summed E-state index contributed by atoms with van der Waals surface area (Å²) >= 11 is 0. The standard InChI is InChI=1S/C24H20FN3O2/c1-16-6-5-8-19(14-16)23-27-26-22(30-23)17-10-12-18(13-11-17)24(29)28(2)15-20-7-3-4-9-21(20)25/h3-14H,15H2,1-2H3. The van der Waals surface area contributed by atoms with Gasteiger partial charge in [-0.2, -0.15) is 0 Å². The van der Waals surface area contributed by atoms with E-state index in [2.05, 4.69) is 10.2 Å². The highest BCUT2D eigenvalue weighted by atomic mass is 19.1. The first-order valence-electron chi connectivity index (χ1n) is 9.51. The minimum atomic E-state index is -0.326. The van der Waals surface area contributed by atoms with Gasteiger partial charge in [-0.3, -0.25) is 4.79 Å². The van der Waals surface area contributed by atoms with Crippen molar-refractivity contribution in [3.05, 3.63) is 95.3 Å². The Labute approximate surface area is 173 Å². The summed E-state index contributed by atoms with van der Waals surface area (Å²) in [6.07, 6.45) is 0. The molecule has 0 saturated carbocycles. The van der Waals surface area contributed by atoms with Crippen molar-refractivity contribution in [2.24, 2.45) is 0 Å². The molecule has 0 radical (unpaired) electrons. The van der Waals surface area contributed by atoms with Crippen molar-refractivity contribution in [1.82, 2.24) is 15.1 Å². The number of amides is 1. The molecule has 0 spiro atoms. The van der Waals surface area contributed by atoms with Crippen LogP contribution in [0.4, 0.5) is 4.39 Å². The van der Waals surface area contributed by atoms with E-state index in [9.17, 15) is 9.18 Å². The minimum Gasteiger partial charge on any atom is -0.416 e. The van der Waals surface area contributed by atoms with Gasteiger partial charge in [0.05, 0.1) is 0 Å². The molecule has 0 aliphatic heterocycles. The molecule has 3 aromatic carbocycles. The number of nitrogens with zero attached hydrogens (tertiary/aromatic N) is 3. The average Bonchev–Trinajstić information content (AvgIpc) is 3.25. The largest absolute Gasteiger partial charge is 0.416 e. The van der Waals surface area contributed by atoms with Gasteiger partial charge in [0.25, 0.3) is 5.91 Å². The van der Waals surface area contributed by atoms with Crippen LogP contribution in [-0.4, -0.2) is 28.1 Å². The molecule has 0 fully saturated rings. The van der Waals surface area contributed by atoms with Gasteiger partial charge in [-0.1, -0.05) is 35.9 Å². The summed E-state index contributed by atoms with van der Waals surface area (Å²) in [4.78, 5) is 14.2. The molecule has 5 nitrogen and oxygen atoms in total. The van der Waals surface area contributed by atoms with Gasteiger partial charge in [0, 0.05) is 35.8 Å². The van der Waals surface area contributed by atoms with Crippen molar-refractivity contribution in [3.8, 4) is 22.9 Å². The van der Waals surface area contributed by atoms with E-state index in [0.717, 1.165) is 16.7 Å². The fraction of sp³-hybridized carbons (Fsp3) is 0.125. The second-order valence-corrected chi connectivity index (χ2v) is 7.11. The minimum absolute atomic E-state index is 0.191. The summed E-state index contributed by atoms with van der Waals surface area (Å²) in [6.45, 7) is 2.19. The molecule has 30 heavy (non-hydrogen) atoms. The van der Waals surface area contributed by atoms with Crippen LogP contribution in [0.3, 0.4) is 0 Å². The van der Waals surface area contributed by atoms with Crippen LogP contribution in [0.1, 0.15) is 21.5 Å². The Hall–Kier alpha value is -3.80. The normalized spacial score (nSPS) is 10.8. The first-order valence-corrected chi connectivity index (χ1v) is 9.51. The van der Waals surface area contributed by atoms with Crippen molar-refractivity contribution in [1.29, 1.82) is 0 Å². The second kappa shape index (κ2) is 8.29. The number of benzene rings is 3. The van der Waals surface area contributed by atoms with Crippen molar-refractivity contribution in [2.75, 3.05) is 7.05 Å². The monoisotopic (exact) mass is 401 g/mol. The summed E-state index contributed by atoms with van der Waals surface area (Å²) in [6, 6.07) is 21.2. The van der Waals surface area contributed by atoms with Crippen LogP contribution in [0.25, 0.3) is 22.9 Å². The quantitative estimate of drug-likeness (QED) is 0.466. The smallest absolute Gasteiger partial charge is 0.253 e. The summed E-state index contributed by atoms with van der Waals surface area (Å²) in [7, 11) is 1.65. The van der Waals surface area contributed by atoms with Crippen LogP contribution in [0.5, 0.6) is 0 Å². The highest BCUT2D eigenvalue weighted by Gasteiger charge is 2.15. The molecule has 1 aromatic heterocycles. The zero-order valence-corrected chi connectivity index (χ0v) is 16.7. The lowest BCUT2D eigenvalue weighted by atomic mass is 10.1. The number of halogens is 1. The molecule has 1 amide bonds. The average molecular weight is 401 g/mol. The van der Waals surface area contributed by atoms with Crippen molar-refractivity contribution < 1.29 is 13.6 Å². The van der Waals surface area contributed by atoms with Crippen molar-refractivity contribution in [2.45, 2.75) is 13.5 Å². The summed E-state index contributed by atoms with van der Waals surface area (Å²) in [5.41, 5.74) is 3.65. The molecular formula is C24H20FN3O2. The van der Waals surface area contributed by atoms with Crippen molar-refractivity contribution in [3.63, 3.8) is 0 Å². The maximum absolute atomic E-state index is 13.8. The fourth-order valence-electron chi connectivity index (χ4n) is 3.16. The first-order chi connectivity index (χ1) is 14.5. The van der Waals surface area contributed by atoms with E-state index < -0.39 is 0 Å². The zero-order valence-electron chi connectivity index (χ0n) is 16.7. The third-order valence-electron chi connectivity index (χ3n) is 4.78. The Bertz CT molecular complexity index is 1190. The number of hydrogen-bond acceptors (Lipinski definition) is 4. The van der Waals surface area contributed by atoms with Gasteiger partial charge in [-0.25, -0.2) is 4.39 Å². The van der Waals surface area contributed by atoms with E-state index in [1.807, 2.05) is 31.2 Å². The zero-order chi connectivity index (χ0) is 21.1. The highest BCUT2D eigenvalue weighted by Crippen LogP contribution is 2.25. The number of rotatable bonds is 5.